The second-order valence-electron chi connectivity index (χ2n) is 15.4. The van der Waals surface area contributed by atoms with Crippen LogP contribution in [0.15, 0.2) is 24.3 Å². The van der Waals surface area contributed by atoms with Gasteiger partial charge in [0.05, 0.1) is 12.8 Å². The molecule has 316 valence electrons. The smallest absolute Gasteiger partial charge is 0.311 e. The van der Waals surface area contributed by atoms with Gasteiger partial charge >= 0.3 is 23.9 Å². The first kappa shape index (κ1) is 50.1. The summed E-state index contributed by atoms with van der Waals surface area (Å²) < 4.78 is 21.8. The molecule has 55 heavy (non-hydrogen) atoms. The van der Waals surface area contributed by atoms with Crippen LogP contribution in [-0.2, 0) is 39.8 Å². The van der Waals surface area contributed by atoms with Crippen LogP contribution in [0.2, 0.25) is 0 Å². The zero-order chi connectivity index (χ0) is 40.0. The number of esters is 4. The molecule has 0 radical (unpaired) electrons. The molecular formula is C47H80O8. The number of rotatable bonds is 38. The summed E-state index contributed by atoms with van der Waals surface area (Å²) >= 11 is 0. The van der Waals surface area contributed by atoms with Crippen molar-refractivity contribution in [3.8, 4) is 5.75 Å². The molecule has 1 aromatic carbocycles. The van der Waals surface area contributed by atoms with Crippen LogP contribution in [0.4, 0.5) is 0 Å². The summed E-state index contributed by atoms with van der Waals surface area (Å²) in [5, 5.41) is 0. The Kier molecular flexibility index (Phi) is 33.5. The largest absolute Gasteiger partial charge is 0.462 e. The molecule has 0 spiro atoms. The average Bonchev–Trinajstić information content (AvgIpc) is 3.19. The van der Waals surface area contributed by atoms with E-state index in [0.717, 1.165) is 50.5 Å². The lowest BCUT2D eigenvalue weighted by molar-refractivity contribution is -0.167. The monoisotopic (exact) mass is 773 g/mol. The number of benzene rings is 1. The number of ether oxygens (including phenoxy) is 4. The number of aryl methyl sites for hydroxylation is 1. The Morgan fingerprint density at radius 1 is 0.418 bits per heavy atom. The zero-order valence-electron chi connectivity index (χ0n) is 35.5. The molecule has 8 nitrogen and oxygen atoms in total. The normalized spacial score (nSPS) is 11.1. The Bertz CT molecular complexity index is 1040. The summed E-state index contributed by atoms with van der Waals surface area (Å²) in [7, 11) is 0. The van der Waals surface area contributed by atoms with Gasteiger partial charge in [0.1, 0.15) is 19.0 Å². The van der Waals surface area contributed by atoms with E-state index < -0.39 is 18.0 Å². The van der Waals surface area contributed by atoms with E-state index in [4.69, 9.17) is 18.9 Å². The summed E-state index contributed by atoms with van der Waals surface area (Å²) in [5.74, 6) is -1.51. The van der Waals surface area contributed by atoms with Crippen molar-refractivity contribution in [1.29, 1.82) is 0 Å². The van der Waals surface area contributed by atoms with Gasteiger partial charge in [0.15, 0.2) is 6.10 Å². The zero-order valence-corrected chi connectivity index (χ0v) is 35.5. The molecule has 0 heterocycles. The third-order valence-electron chi connectivity index (χ3n) is 10.2. The van der Waals surface area contributed by atoms with Crippen molar-refractivity contribution in [2.75, 3.05) is 13.2 Å². The van der Waals surface area contributed by atoms with E-state index in [2.05, 4.69) is 13.8 Å². The topological polar surface area (TPSA) is 105 Å². The molecular weight excluding hydrogens is 693 g/mol. The van der Waals surface area contributed by atoms with Crippen LogP contribution in [0, 0.1) is 0 Å². The predicted molar refractivity (Wildman–Crippen MR) is 223 cm³/mol. The van der Waals surface area contributed by atoms with Crippen LogP contribution in [0.25, 0.3) is 0 Å². The van der Waals surface area contributed by atoms with Crippen LogP contribution in [0.5, 0.6) is 5.75 Å². The van der Waals surface area contributed by atoms with E-state index >= 15 is 0 Å². The van der Waals surface area contributed by atoms with Crippen molar-refractivity contribution in [2.24, 2.45) is 0 Å². The third-order valence-corrected chi connectivity index (χ3v) is 10.2. The molecule has 0 amide bonds. The Balaban J connectivity index is 2.36. The fourth-order valence-corrected chi connectivity index (χ4v) is 6.63. The Morgan fingerprint density at radius 3 is 1.13 bits per heavy atom. The first-order valence-corrected chi connectivity index (χ1v) is 22.7. The molecule has 0 aliphatic heterocycles. The lowest BCUT2D eigenvalue weighted by Crippen LogP contribution is -2.31. The van der Waals surface area contributed by atoms with E-state index in [9.17, 15) is 19.2 Å². The highest BCUT2D eigenvalue weighted by molar-refractivity contribution is 5.79. The molecule has 0 fully saturated rings. The summed E-state index contributed by atoms with van der Waals surface area (Å²) in [6.45, 7) is 6.13. The Hall–Kier alpha value is -2.90. The van der Waals surface area contributed by atoms with E-state index in [-0.39, 0.29) is 38.0 Å². The molecule has 0 bridgehead atoms. The molecule has 0 aliphatic carbocycles. The van der Waals surface area contributed by atoms with Gasteiger partial charge in [0.2, 0.25) is 0 Å². The highest BCUT2D eigenvalue weighted by Gasteiger charge is 2.21. The van der Waals surface area contributed by atoms with Crippen molar-refractivity contribution in [2.45, 2.75) is 226 Å². The van der Waals surface area contributed by atoms with Crippen molar-refractivity contribution >= 4 is 23.9 Å². The SMILES string of the molecule is CCCCCCCCCCCCCCCC(=O)OCC(COC(=O)CCCCCCCCCCCCCCC)OC(=O)CCC(=O)Oc1ccc(CC)cc1. The fraction of sp³-hybridized carbons (Fsp3) is 0.787. The summed E-state index contributed by atoms with van der Waals surface area (Å²) in [6.07, 6.45) is 32.0. The van der Waals surface area contributed by atoms with Crippen molar-refractivity contribution in [3.05, 3.63) is 29.8 Å². The lowest BCUT2D eigenvalue weighted by Gasteiger charge is -2.18. The molecule has 1 rings (SSSR count). The van der Waals surface area contributed by atoms with E-state index in [1.807, 2.05) is 19.1 Å². The maximum absolute atomic E-state index is 12.7. The lowest BCUT2D eigenvalue weighted by atomic mass is 10.0. The van der Waals surface area contributed by atoms with Crippen LogP contribution in [-0.4, -0.2) is 43.2 Å². The molecule has 0 unspecified atom stereocenters. The molecule has 8 heteroatoms. The van der Waals surface area contributed by atoms with Gasteiger partial charge in [-0.25, -0.2) is 0 Å². The average molecular weight is 773 g/mol. The van der Waals surface area contributed by atoms with E-state index in [1.165, 1.54) is 128 Å². The van der Waals surface area contributed by atoms with Crippen LogP contribution >= 0.6 is 0 Å². The first-order chi connectivity index (χ1) is 26.9. The summed E-state index contributed by atoms with van der Waals surface area (Å²) in [5.41, 5.74) is 1.13. The van der Waals surface area contributed by atoms with E-state index in [0.29, 0.717) is 18.6 Å². The van der Waals surface area contributed by atoms with Gasteiger partial charge < -0.3 is 18.9 Å². The number of hydrogen-bond donors (Lipinski definition) is 0. The number of carbonyl (C=O) groups is 4. The number of unbranched alkanes of at least 4 members (excludes halogenated alkanes) is 24. The van der Waals surface area contributed by atoms with Gasteiger partial charge in [-0.2, -0.15) is 0 Å². The molecule has 0 aliphatic rings. The highest BCUT2D eigenvalue weighted by atomic mass is 16.6. The predicted octanol–water partition coefficient (Wildman–Crippen LogP) is 12.9. The van der Waals surface area contributed by atoms with Crippen LogP contribution in [0.1, 0.15) is 219 Å². The summed E-state index contributed by atoms with van der Waals surface area (Å²) in [4.78, 5) is 50.1. The second-order valence-corrected chi connectivity index (χ2v) is 15.4. The maximum Gasteiger partial charge on any atom is 0.311 e. The van der Waals surface area contributed by atoms with Crippen molar-refractivity contribution in [3.63, 3.8) is 0 Å². The molecule has 0 saturated carbocycles. The molecule has 0 aromatic heterocycles. The van der Waals surface area contributed by atoms with Gasteiger partial charge in [0.25, 0.3) is 0 Å². The minimum Gasteiger partial charge on any atom is -0.462 e. The minimum atomic E-state index is -0.948. The fourth-order valence-electron chi connectivity index (χ4n) is 6.63. The quantitative estimate of drug-likeness (QED) is 0.0283. The van der Waals surface area contributed by atoms with Crippen LogP contribution in [0.3, 0.4) is 0 Å². The highest BCUT2D eigenvalue weighted by Crippen LogP contribution is 2.16. The van der Waals surface area contributed by atoms with Gasteiger partial charge in [0, 0.05) is 12.8 Å². The molecule has 0 N–H and O–H groups in total. The van der Waals surface area contributed by atoms with Crippen molar-refractivity contribution in [1.82, 2.24) is 0 Å². The Labute approximate surface area is 335 Å². The van der Waals surface area contributed by atoms with Crippen molar-refractivity contribution < 1.29 is 38.1 Å². The van der Waals surface area contributed by atoms with Gasteiger partial charge in [-0.3, -0.25) is 19.2 Å². The molecule has 1 aromatic rings. The standard InChI is InChI=1S/C47H80O8/c1-4-7-9-11-13-15-17-19-21-23-25-27-29-31-44(48)52-39-43(55-47(51)38-37-46(50)54-42-35-33-41(6-3)34-36-42)40-53-45(49)32-30-28-26-24-22-20-18-16-14-12-10-8-5-2/h33-36,43H,4-32,37-40H2,1-3H3. The number of carbonyl (C=O) groups excluding carboxylic acids is 4. The first-order valence-electron chi connectivity index (χ1n) is 22.7. The van der Waals surface area contributed by atoms with Gasteiger partial charge in [-0.05, 0) is 37.0 Å². The molecule has 0 saturated heterocycles. The second kappa shape index (κ2) is 36.7. The Morgan fingerprint density at radius 2 is 0.764 bits per heavy atom. The minimum absolute atomic E-state index is 0.168. The molecule has 0 atom stereocenters. The van der Waals surface area contributed by atoms with E-state index in [1.54, 1.807) is 12.1 Å². The third kappa shape index (κ3) is 31.9. The van der Waals surface area contributed by atoms with Gasteiger partial charge in [-0.1, -0.05) is 187 Å². The maximum atomic E-state index is 12.7. The van der Waals surface area contributed by atoms with Crippen LogP contribution < -0.4 is 4.74 Å². The van der Waals surface area contributed by atoms with Gasteiger partial charge in [-0.15, -0.1) is 0 Å². The number of hydrogen-bond acceptors (Lipinski definition) is 8. The summed E-state index contributed by atoms with van der Waals surface area (Å²) in [6, 6.07) is 7.23.